The first-order chi connectivity index (χ1) is 4.22. The first kappa shape index (κ1) is 9.76. The first-order valence-electron chi connectivity index (χ1n) is 1.93. The van der Waals surface area contributed by atoms with Crippen molar-refractivity contribution in [1.29, 1.82) is 0 Å². The summed E-state index contributed by atoms with van der Waals surface area (Å²) in [6, 6.07) is 0. The molecule has 0 saturated carbocycles. The van der Waals surface area contributed by atoms with Gasteiger partial charge in [0.15, 0.2) is 6.09 Å². The molecule has 1 rings (SSSR count). The van der Waals surface area contributed by atoms with Gasteiger partial charge in [0, 0.05) is 0 Å². The van der Waals surface area contributed by atoms with Crippen LogP contribution in [-0.4, -0.2) is 26.3 Å². The van der Waals surface area contributed by atoms with Crippen molar-refractivity contribution >= 4 is 18.3 Å². The summed E-state index contributed by atoms with van der Waals surface area (Å²) in [7, 11) is 0. The molecule has 0 aliphatic heterocycles. The summed E-state index contributed by atoms with van der Waals surface area (Å²) < 4.78 is 0.366. The summed E-state index contributed by atoms with van der Waals surface area (Å²) in [6.45, 7) is 0. The van der Waals surface area contributed by atoms with E-state index in [0.29, 0.717) is 4.68 Å². The van der Waals surface area contributed by atoms with Gasteiger partial charge in [0.05, 0.1) is 0 Å². The Morgan fingerprint density at radius 3 is 2.60 bits per heavy atom. The van der Waals surface area contributed by atoms with Crippen LogP contribution in [0.1, 0.15) is 0 Å². The minimum Gasteiger partial charge on any atom is -0.528 e. The maximum Gasteiger partial charge on any atom is 1.00 e. The van der Waals surface area contributed by atoms with Crippen LogP contribution in [0.4, 0.5) is 4.79 Å². The number of H-pyrrole nitrogens is 1. The molecular weight excluding hydrogens is 167 g/mol. The van der Waals surface area contributed by atoms with Crippen molar-refractivity contribution in [2.45, 2.75) is 0 Å². The van der Waals surface area contributed by atoms with Gasteiger partial charge in [0.2, 0.25) is 4.77 Å². The molecule has 0 aromatic carbocycles. The third kappa shape index (κ3) is 1.87. The number of hydrogen-bond donors (Lipinski definition) is 1. The maximum atomic E-state index is 9.96. The number of hydrogen-bond acceptors (Lipinski definition) is 5. The third-order valence-corrected chi connectivity index (χ3v) is 0.918. The summed E-state index contributed by atoms with van der Waals surface area (Å²) in [4.78, 5) is 9.96. The fraction of sp³-hybridized carbons (Fsp3) is 0. The van der Waals surface area contributed by atoms with E-state index in [1.54, 1.807) is 0 Å². The standard InChI is InChI=1S/C2H2N4O2S.Na/c7-2(8)6-1(9)3-4-5-6;/h(H,7,8)(H,3,5,9);/q;+1/p-1. The van der Waals surface area contributed by atoms with Gasteiger partial charge >= 0.3 is 29.6 Å². The van der Waals surface area contributed by atoms with E-state index in [2.05, 4.69) is 22.5 Å². The van der Waals surface area contributed by atoms with Gasteiger partial charge in [-0.05, 0) is 12.2 Å². The third-order valence-electron chi connectivity index (χ3n) is 0.654. The number of rotatable bonds is 0. The normalized spacial score (nSPS) is 8.40. The van der Waals surface area contributed by atoms with Crippen molar-refractivity contribution in [2.75, 3.05) is 0 Å². The minimum atomic E-state index is -1.47. The van der Waals surface area contributed by atoms with E-state index in [1.165, 1.54) is 0 Å². The van der Waals surface area contributed by atoms with Gasteiger partial charge in [0.1, 0.15) is 0 Å². The van der Waals surface area contributed by atoms with Crippen molar-refractivity contribution < 1.29 is 39.5 Å². The fourth-order valence-corrected chi connectivity index (χ4v) is 0.472. The number of carboxylic acid groups (broad SMARTS) is 1. The molecule has 0 bridgehead atoms. The van der Waals surface area contributed by atoms with Crippen molar-refractivity contribution in [2.24, 2.45) is 0 Å². The zero-order valence-electron chi connectivity index (χ0n) is 5.07. The van der Waals surface area contributed by atoms with Crippen molar-refractivity contribution in [1.82, 2.24) is 20.2 Å². The molecule has 1 N–H and O–H groups in total. The summed E-state index contributed by atoms with van der Waals surface area (Å²) >= 11 is 4.40. The van der Waals surface area contributed by atoms with E-state index in [1.807, 2.05) is 5.21 Å². The molecule has 1 aromatic rings. The molecule has 0 atom stereocenters. The fourth-order valence-electron chi connectivity index (χ4n) is 0.316. The molecule has 1 heterocycles. The average Bonchev–Trinajstić information content (AvgIpc) is 2.13. The van der Waals surface area contributed by atoms with Crippen LogP contribution < -0.4 is 34.7 Å². The van der Waals surface area contributed by atoms with Crippen LogP contribution >= 0.6 is 12.2 Å². The molecule has 0 aliphatic rings. The Hall–Kier alpha value is -0.240. The minimum absolute atomic E-state index is 0. The molecule has 0 spiro atoms. The predicted molar refractivity (Wildman–Crippen MR) is 26.0 cm³/mol. The molecule has 0 aliphatic carbocycles. The molecule has 6 nitrogen and oxygen atoms in total. The van der Waals surface area contributed by atoms with Gasteiger partial charge < -0.3 is 9.90 Å². The van der Waals surface area contributed by atoms with E-state index in [-0.39, 0.29) is 34.3 Å². The summed E-state index contributed by atoms with van der Waals surface area (Å²) in [5, 5.41) is 18.2. The van der Waals surface area contributed by atoms with Crippen molar-refractivity contribution in [3.8, 4) is 0 Å². The van der Waals surface area contributed by atoms with Crippen molar-refractivity contribution in [3.63, 3.8) is 0 Å². The van der Waals surface area contributed by atoms with E-state index in [9.17, 15) is 9.90 Å². The maximum absolute atomic E-state index is 9.96. The monoisotopic (exact) mass is 168 g/mol. The molecule has 0 saturated heterocycles. The van der Waals surface area contributed by atoms with Gasteiger partial charge in [-0.25, -0.2) is 0 Å². The molecule has 0 unspecified atom stereocenters. The first-order valence-corrected chi connectivity index (χ1v) is 2.34. The molecule has 8 heteroatoms. The van der Waals surface area contributed by atoms with E-state index < -0.39 is 6.09 Å². The van der Waals surface area contributed by atoms with Gasteiger partial charge in [-0.1, -0.05) is 10.3 Å². The number of aromatic nitrogens is 4. The van der Waals surface area contributed by atoms with Crippen LogP contribution in [-0.2, 0) is 0 Å². The molecule has 0 radical (unpaired) electrons. The van der Waals surface area contributed by atoms with Crippen LogP contribution in [0.25, 0.3) is 0 Å². The zero-order valence-corrected chi connectivity index (χ0v) is 7.88. The predicted octanol–water partition coefficient (Wildman–Crippen LogP) is -4.47. The smallest absolute Gasteiger partial charge is 0.528 e. The van der Waals surface area contributed by atoms with Gasteiger partial charge in [-0.15, -0.1) is 0 Å². The number of carbonyl (C=O) groups excluding carboxylic acids is 1. The second-order valence-corrected chi connectivity index (χ2v) is 1.55. The molecule has 0 fully saturated rings. The van der Waals surface area contributed by atoms with Crippen molar-refractivity contribution in [3.05, 3.63) is 4.77 Å². The SMILES string of the molecule is O=C([O-])n1[nH]nnc1=S.[Na+]. The summed E-state index contributed by atoms with van der Waals surface area (Å²) in [5.74, 6) is 0. The van der Waals surface area contributed by atoms with E-state index >= 15 is 0 Å². The van der Waals surface area contributed by atoms with E-state index in [0.717, 1.165) is 0 Å². The molecular formula is C2HN4NaO2S. The number of tetrazole rings is 1. The Kier molecular flexibility index (Phi) is 3.72. The average molecular weight is 168 g/mol. The van der Waals surface area contributed by atoms with Gasteiger partial charge in [-0.3, -0.25) is 0 Å². The van der Waals surface area contributed by atoms with Gasteiger partial charge in [0.25, 0.3) is 0 Å². The topological polar surface area (TPSA) is 86.6 Å². The second-order valence-electron chi connectivity index (χ2n) is 1.18. The zero-order chi connectivity index (χ0) is 6.85. The molecule has 1 aromatic heterocycles. The van der Waals surface area contributed by atoms with Crippen LogP contribution in [0, 0.1) is 4.77 Å². The van der Waals surface area contributed by atoms with Crippen LogP contribution in [0.5, 0.6) is 0 Å². The Balaban J connectivity index is 0.000000810. The molecule has 0 amide bonds. The Labute approximate surface area is 82.5 Å². The Morgan fingerprint density at radius 1 is 1.80 bits per heavy atom. The number of nitrogens with zero attached hydrogens (tertiary/aromatic N) is 3. The molecule has 48 valence electrons. The van der Waals surface area contributed by atoms with Crippen LogP contribution in [0.15, 0.2) is 0 Å². The number of carbonyl (C=O) groups is 1. The number of nitrogens with one attached hydrogen (secondary N) is 1. The summed E-state index contributed by atoms with van der Waals surface area (Å²) in [6.07, 6.45) is -1.47. The Bertz CT molecular complexity index is 279. The van der Waals surface area contributed by atoms with Crippen LogP contribution in [0.2, 0.25) is 0 Å². The largest absolute Gasteiger partial charge is 1.00 e. The summed E-state index contributed by atoms with van der Waals surface area (Å²) in [5.41, 5.74) is 0. The quantitative estimate of drug-likeness (QED) is 0.240. The van der Waals surface area contributed by atoms with Crippen LogP contribution in [0.3, 0.4) is 0 Å². The molecule has 10 heavy (non-hydrogen) atoms. The van der Waals surface area contributed by atoms with Gasteiger partial charge in [-0.2, -0.15) is 9.90 Å². The number of aromatic amines is 1. The van der Waals surface area contributed by atoms with E-state index in [4.69, 9.17) is 0 Å². The Morgan fingerprint density at radius 2 is 2.40 bits per heavy atom. The second kappa shape index (κ2) is 3.81.